The average molecular weight is 295 g/mol. The molecule has 0 bridgehead atoms. The number of nitrogens with one attached hydrogen (secondary N) is 1. The Balaban J connectivity index is 1.86. The second-order valence-corrected chi connectivity index (χ2v) is 6.23. The predicted octanol–water partition coefficient (Wildman–Crippen LogP) is 2.55. The van der Waals surface area contributed by atoms with Crippen LogP contribution in [0.5, 0.6) is 0 Å². The Kier molecular flexibility index (Phi) is 5.07. The molecule has 0 fully saturated rings. The van der Waals surface area contributed by atoms with Crippen molar-refractivity contribution in [2.45, 2.75) is 6.42 Å². The highest BCUT2D eigenvalue weighted by Gasteiger charge is 2.11. The molecule has 0 spiro atoms. The summed E-state index contributed by atoms with van der Waals surface area (Å²) in [6.45, 7) is 1.65. The van der Waals surface area contributed by atoms with E-state index in [0.717, 1.165) is 22.9 Å². The summed E-state index contributed by atoms with van der Waals surface area (Å²) in [5, 5.41) is 7.63. The van der Waals surface area contributed by atoms with E-state index in [9.17, 15) is 4.79 Å². The zero-order chi connectivity index (χ0) is 13.7. The van der Waals surface area contributed by atoms with Crippen LogP contribution in [0.3, 0.4) is 0 Å². The van der Waals surface area contributed by atoms with Gasteiger partial charge in [0.1, 0.15) is 10.7 Å². The molecule has 0 aliphatic heterocycles. The van der Waals surface area contributed by atoms with Gasteiger partial charge in [-0.3, -0.25) is 4.79 Å². The third kappa shape index (κ3) is 4.12. The number of rotatable bonds is 6. The molecule has 0 saturated carbocycles. The standard InChI is InChI=1S/C13H17N3OS2/c1-16(2)7-4-6-14-12(17)10-9-19-13(15-10)11-5-3-8-18-11/h3,5,8-9H,4,6-7H2,1-2H3,(H,14,17). The summed E-state index contributed by atoms with van der Waals surface area (Å²) in [6.07, 6.45) is 0.945. The van der Waals surface area contributed by atoms with Gasteiger partial charge in [0.2, 0.25) is 0 Å². The second-order valence-electron chi connectivity index (χ2n) is 4.43. The molecule has 2 heterocycles. The summed E-state index contributed by atoms with van der Waals surface area (Å²) >= 11 is 3.15. The van der Waals surface area contributed by atoms with Crippen LogP contribution in [0.1, 0.15) is 16.9 Å². The fourth-order valence-corrected chi connectivity index (χ4v) is 3.19. The quantitative estimate of drug-likeness (QED) is 0.833. The molecule has 19 heavy (non-hydrogen) atoms. The molecule has 0 atom stereocenters. The summed E-state index contributed by atoms with van der Waals surface area (Å²) in [5.41, 5.74) is 0.512. The Morgan fingerprint density at radius 2 is 2.26 bits per heavy atom. The zero-order valence-corrected chi connectivity index (χ0v) is 12.7. The average Bonchev–Trinajstić information content (AvgIpc) is 3.03. The molecule has 0 aliphatic rings. The number of thiophene rings is 1. The van der Waals surface area contributed by atoms with Crippen molar-refractivity contribution in [2.24, 2.45) is 0 Å². The van der Waals surface area contributed by atoms with Crippen LogP contribution in [0.25, 0.3) is 9.88 Å². The van der Waals surface area contributed by atoms with E-state index < -0.39 is 0 Å². The van der Waals surface area contributed by atoms with Crippen molar-refractivity contribution in [3.05, 3.63) is 28.6 Å². The largest absolute Gasteiger partial charge is 0.351 e. The van der Waals surface area contributed by atoms with E-state index in [1.165, 1.54) is 11.3 Å². The van der Waals surface area contributed by atoms with E-state index in [4.69, 9.17) is 0 Å². The Bertz CT molecular complexity index is 520. The number of hydrogen-bond donors (Lipinski definition) is 1. The van der Waals surface area contributed by atoms with Gasteiger partial charge in [-0.05, 0) is 38.5 Å². The van der Waals surface area contributed by atoms with Crippen molar-refractivity contribution < 1.29 is 4.79 Å². The van der Waals surface area contributed by atoms with Gasteiger partial charge < -0.3 is 10.2 Å². The smallest absolute Gasteiger partial charge is 0.270 e. The van der Waals surface area contributed by atoms with Gasteiger partial charge in [0.05, 0.1) is 4.88 Å². The number of hydrogen-bond acceptors (Lipinski definition) is 5. The van der Waals surface area contributed by atoms with Crippen LogP contribution >= 0.6 is 22.7 Å². The topological polar surface area (TPSA) is 45.2 Å². The van der Waals surface area contributed by atoms with Crippen molar-refractivity contribution in [2.75, 3.05) is 27.2 Å². The first-order valence-electron chi connectivity index (χ1n) is 6.09. The number of aromatic nitrogens is 1. The molecule has 0 unspecified atom stereocenters. The van der Waals surface area contributed by atoms with Gasteiger partial charge in [-0.1, -0.05) is 6.07 Å². The van der Waals surface area contributed by atoms with Crippen LogP contribution in [0.4, 0.5) is 0 Å². The van der Waals surface area contributed by atoms with Crippen molar-refractivity contribution in [1.82, 2.24) is 15.2 Å². The van der Waals surface area contributed by atoms with E-state index in [1.807, 2.05) is 37.0 Å². The first-order valence-corrected chi connectivity index (χ1v) is 7.85. The molecule has 0 aromatic carbocycles. The molecule has 102 valence electrons. The van der Waals surface area contributed by atoms with Gasteiger partial charge in [0.15, 0.2) is 0 Å². The number of carbonyl (C=O) groups is 1. The van der Waals surface area contributed by atoms with Crippen molar-refractivity contribution in [3.63, 3.8) is 0 Å². The lowest BCUT2D eigenvalue weighted by molar-refractivity contribution is 0.0948. The maximum atomic E-state index is 11.9. The van der Waals surface area contributed by atoms with Crippen LogP contribution in [0.2, 0.25) is 0 Å². The highest BCUT2D eigenvalue weighted by Crippen LogP contribution is 2.27. The lowest BCUT2D eigenvalue weighted by Crippen LogP contribution is -2.27. The summed E-state index contributed by atoms with van der Waals surface area (Å²) in [5.74, 6) is -0.0854. The van der Waals surface area contributed by atoms with Crippen LogP contribution in [0.15, 0.2) is 22.9 Å². The Morgan fingerprint density at radius 1 is 1.42 bits per heavy atom. The minimum absolute atomic E-state index is 0.0854. The summed E-state index contributed by atoms with van der Waals surface area (Å²) < 4.78 is 0. The van der Waals surface area contributed by atoms with Crippen LogP contribution in [-0.2, 0) is 0 Å². The molecule has 2 rings (SSSR count). The molecule has 1 N–H and O–H groups in total. The maximum absolute atomic E-state index is 11.9. The number of thiazole rings is 1. The fraction of sp³-hybridized carbons (Fsp3) is 0.385. The van der Waals surface area contributed by atoms with Crippen LogP contribution < -0.4 is 5.32 Å². The third-order valence-electron chi connectivity index (χ3n) is 2.54. The molecule has 4 nitrogen and oxygen atoms in total. The maximum Gasteiger partial charge on any atom is 0.270 e. The molecule has 0 aliphatic carbocycles. The van der Waals surface area contributed by atoms with E-state index in [-0.39, 0.29) is 5.91 Å². The van der Waals surface area contributed by atoms with E-state index in [2.05, 4.69) is 15.2 Å². The van der Waals surface area contributed by atoms with Gasteiger partial charge in [0, 0.05) is 11.9 Å². The van der Waals surface area contributed by atoms with E-state index >= 15 is 0 Å². The summed E-state index contributed by atoms with van der Waals surface area (Å²) in [4.78, 5) is 19.5. The SMILES string of the molecule is CN(C)CCCNC(=O)c1csc(-c2cccs2)n1. The molecule has 6 heteroatoms. The highest BCUT2D eigenvalue weighted by atomic mass is 32.1. The Morgan fingerprint density at radius 3 is 2.95 bits per heavy atom. The van der Waals surface area contributed by atoms with Gasteiger partial charge in [-0.15, -0.1) is 22.7 Å². The Hall–Kier alpha value is -1.24. The van der Waals surface area contributed by atoms with Gasteiger partial charge in [-0.2, -0.15) is 0 Å². The summed E-state index contributed by atoms with van der Waals surface area (Å²) in [6, 6.07) is 4.00. The normalized spacial score (nSPS) is 10.9. The van der Waals surface area contributed by atoms with Gasteiger partial charge in [0.25, 0.3) is 5.91 Å². The summed E-state index contributed by atoms with van der Waals surface area (Å²) in [7, 11) is 4.05. The van der Waals surface area contributed by atoms with Crippen LogP contribution in [0, 0.1) is 0 Å². The van der Waals surface area contributed by atoms with Gasteiger partial charge in [-0.25, -0.2) is 4.98 Å². The lowest BCUT2D eigenvalue weighted by atomic mass is 10.3. The fourth-order valence-electron chi connectivity index (χ4n) is 1.58. The number of amides is 1. The predicted molar refractivity (Wildman–Crippen MR) is 80.9 cm³/mol. The van der Waals surface area contributed by atoms with Crippen LogP contribution in [-0.4, -0.2) is 43.0 Å². The lowest BCUT2D eigenvalue weighted by Gasteiger charge is -2.09. The minimum Gasteiger partial charge on any atom is -0.351 e. The van der Waals surface area contributed by atoms with Gasteiger partial charge >= 0.3 is 0 Å². The van der Waals surface area contributed by atoms with Crippen molar-refractivity contribution in [3.8, 4) is 9.88 Å². The van der Waals surface area contributed by atoms with Crippen molar-refractivity contribution in [1.29, 1.82) is 0 Å². The van der Waals surface area contributed by atoms with Crippen molar-refractivity contribution >= 4 is 28.6 Å². The molecule has 2 aromatic rings. The molecule has 0 radical (unpaired) electrons. The zero-order valence-electron chi connectivity index (χ0n) is 11.0. The molecule has 1 amide bonds. The van der Waals surface area contributed by atoms with E-state index in [1.54, 1.807) is 11.3 Å². The number of nitrogens with zero attached hydrogens (tertiary/aromatic N) is 2. The monoisotopic (exact) mass is 295 g/mol. The second kappa shape index (κ2) is 6.79. The first-order chi connectivity index (χ1) is 9.16. The molecule has 0 saturated heterocycles. The molecular formula is C13H17N3OS2. The van der Waals surface area contributed by atoms with E-state index in [0.29, 0.717) is 12.2 Å². The third-order valence-corrected chi connectivity index (χ3v) is 4.42. The first kappa shape index (κ1) is 14.2. The highest BCUT2D eigenvalue weighted by molar-refractivity contribution is 7.20. The molecule has 2 aromatic heterocycles. The minimum atomic E-state index is -0.0854. The Labute approximate surface area is 121 Å². The molecular weight excluding hydrogens is 278 g/mol. The number of carbonyl (C=O) groups excluding carboxylic acids is 1.